The Kier molecular flexibility index (Phi) is 7.41. The number of hydrogen-bond donors (Lipinski definition) is 1. The number of non-ortho nitro benzene ring substituents is 1. The fourth-order valence-corrected chi connectivity index (χ4v) is 5.58. The van der Waals surface area contributed by atoms with Crippen molar-refractivity contribution in [1.29, 1.82) is 0 Å². The number of nitrogens with one attached hydrogen (secondary N) is 1. The van der Waals surface area contributed by atoms with Crippen LogP contribution in [0.2, 0.25) is 0 Å². The zero-order valence-corrected chi connectivity index (χ0v) is 21.6. The highest BCUT2D eigenvalue weighted by Gasteiger charge is 2.20. The second-order valence-corrected chi connectivity index (χ2v) is 10.1. The van der Waals surface area contributed by atoms with E-state index >= 15 is 0 Å². The molecule has 0 saturated heterocycles. The van der Waals surface area contributed by atoms with Gasteiger partial charge < -0.3 is 10.1 Å². The number of carbonyl (C=O) groups excluding carboxylic acids is 1. The van der Waals surface area contributed by atoms with Crippen LogP contribution in [0.5, 0.6) is 5.75 Å². The summed E-state index contributed by atoms with van der Waals surface area (Å²) in [5, 5.41) is 15.1. The van der Waals surface area contributed by atoms with Gasteiger partial charge in [0.15, 0.2) is 5.16 Å². The molecular formula is C28H26N4O5S. The van der Waals surface area contributed by atoms with E-state index in [0.29, 0.717) is 38.8 Å². The molecule has 1 saturated carbocycles. The highest BCUT2D eigenvalue weighted by Crippen LogP contribution is 2.28. The Balaban J connectivity index is 1.56. The Labute approximate surface area is 223 Å². The van der Waals surface area contributed by atoms with Gasteiger partial charge in [0.2, 0.25) is 0 Å². The number of hydrogen-bond acceptors (Lipinski definition) is 7. The number of ether oxygens (including phenoxy) is 1. The molecule has 1 fully saturated rings. The van der Waals surface area contributed by atoms with Crippen LogP contribution in [-0.2, 0) is 5.75 Å². The van der Waals surface area contributed by atoms with Crippen LogP contribution in [0, 0.1) is 10.1 Å². The topological polar surface area (TPSA) is 116 Å². The minimum absolute atomic E-state index is 0.00215. The molecule has 0 aliphatic heterocycles. The number of aromatic nitrogens is 2. The van der Waals surface area contributed by atoms with Gasteiger partial charge in [0.1, 0.15) is 5.75 Å². The smallest absolute Gasteiger partial charge is 0.269 e. The number of thioether (sulfide) groups is 1. The van der Waals surface area contributed by atoms with Crippen LogP contribution in [-0.4, -0.2) is 33.5 Å². The monoisotopic (exact) mass is 530 g/mol. The first-order valence-electron chi connectivity index (χ1n) is 12.3. The molecule has 0 spiro atoms. The number of benzene rings is 3. The summed E-state index contributed by atoms with van der Waals surface area (Å²) in [5.74, 6) is 0.761. The molecule has 194 valence electrons. The summed E-state index contributed by atoms with van der Waals surface area (Å²) >= 11 is 1.29. The minimum atomic E-state index is -0.438. The minimum Gasteiger partial charge on any atom is -0.497 e. The Morgan fingerprint density at radius 1 is 1.13 bits per heavy atom. The van der Waals surface area contributed by atoms with E-state index in [-0.39, 0.29) is 23.2 Å². The number of methoxy groups -OCH3 is 1. The summed E-state index contributed by atoms with van der Waals surface area (Å²) in [5.41, 5.74) is 1.87. The Morgan fingerprint density at radius 2 is 1.92 bits per heavy atom. The molecule has 38 heavy (non-hydrogen) atoms. The van der Waals surface area contributed by atoms with Crippen molar-refractivity contribution in [3.05, 3.63) is 98.3 Å². The number of rotatable bonds is 8. The molecule has 0 atom stereocenters. The van der Waals surface area contributed by atoms with Crippen LogP contribution in [0.1, 0.15) is 41.6 Å². The molecule has 0 bridgehead atoms. The van der Waals surface area contributed by atoms with Crippen molar-refractivity contribution in [3.63, 3.8) is 0 Å². The molecule has 0 unspecified atom stereocenters. The Bertz CT molecular complexity index is 1580. The van der Waals surface area contributed by atoms with Gasteiger partial charge in [-0.25, -0.2) is 4.98 Å². The van der Waals surface area contributed by atoms with E-state index in [1.807, 2.05) is 0 Å². The van der Waals surface area contributed by atoms with Crippen LogP contribution >= 0.6 is 11.8 Å². The average Bonchev–Trinajstić information content (AvgIpc) is 3.45. The van der Waals surface area contributed by atoms with Crippen molar-refractivity contribution in [2.45, 2.75) is 42.6 Å². The maximum Gasteiger partial charge on any atom is 0.269 e. The first kappa shape index (κ1) is 25.5. The summed E-state index contributed by atoms with van der Waals surface area (Å²) in [4.78, 5) is 42.2. The fraction of sp³-hybridized carbons (Fsp3) is 0.250. The number of nitro groups is 1. The zero-order chi connectivity index (χ0) is 26.6. The zero-order valence-electron chi connectivity index (χ0n) is 20.8. The average molecular weight is 531 g/mol. The van der Waals surface area contributed by atoms with Crippen molar-refractivity contribution in [2.24, 2.45) is 0 Å². The van der Waals surface area contributed by atoms with E-state index in [2.05, 4.69) is 5.32 Å². The van der Waals surface area contributed by atoms with Crippen LogP contribution in [0.15, 0.2) is 76.7 Å². The first-order valence-corrected chi connectivity index (χ1v) is 13.3. The molecule has 1 aliphatic carbocycles. The largest absolute Gasteiger partial charge is 0.497 e. The summed E-state index contributed by atoms with van der Waals surface area (Å²) in [6.45, 7) is 0. The van der Waals surface area contributed by atoms with Crippen LogP contribution in [0.4, 0.5) is 5.69 Å². The van der Waals surface area contributed by atoms with Gasteiger partial charge in [0.25, 0.3) is 17.2 Å². The number of nitro benzene ring substituents is 1. The summed E-state index contributed by atoms with van der Waals surface area (Å²) in [6, 6.07) is 18.6. The third kappa shape index (κ3) is 5.40. The third-order valence-corrected chi connectivity index (χ3v) is 7.60. The number of fused-ring (bicyclic) bond motifs is 1. The third-order valence-electron chi connectivity index (χ3n) is 6.59. The van der Waals surface area contributed by atoms with Crippen LogP contribution < -0.4 is 15.6 Å². The van der Waals surface area contributed by atoms with Crippen molar-refractivity contribution in [3.8, 4) is 11.4 Å². The van der Waals surface area contributed by atoms with E-state index in [4.69, 9.17) is 9.72 Å². The summed E-state index contributed by atoms with van der Waals surface area (Å²) < 4.78 is 6.86. The lowest BCUT2D eigenvalue weighted by atomic mass is 10.1. The van der Waals surface area contributed by atoms with Gasteiger partial charge in [-0.05, 0) is 48.7 Å². The van der Waals surface area contributed by atoms with E-state index in [1.54, 1.807) is 61.7 Å². The summed E-state index contributed by atoms with van der Waals surface area (Å²) in [7, 11) is 1.55. The molecule has 5 rings (SSSR count). The van der Waals surface area contributed by atoms with Crippen molar-refractivity contribution in [2.75, 3.05) is 7.11 Å². The van der Waals surface area contributed by atoms with Gasteiger partial charge in [-0.15, -0.1) is 0 Å². The van der Waals surface area contributed by atoms with Gasteiger partial charge in [0, 0.05) is 35.6 Å². The van der Waals surface area contributed by atoms with E-state index in [1.165, 1.54) is 28.5 Å². The van der Waals surface area contributed by atoms with E-state index in [9.17, 15) is 19.7 Å². The van der Waals surface area contributed by atoms with Crippen LogP contribution in [0.3, 0.4) is 0 Å². The molecule has 1 heterocycles. The highest BCUT2D eigenvalue weighted by atomic mass is 32.2. The fourth-order valence-electron chi connectivity index (χ4n) is 4.63. The van der Waals surface area contributed by atoms with Crippen molar-refractivity contribution < 1.29 is 14.5 Å². The van der Waals surface area contributed by atoms with Gasteiger partial charge in [-0.3, -0.25) is 24.3 Å². The molecule has 4 aromatic rings. The molecular weight excluding hydrogens is 504 g/mol. The molecule has 1 N–H and O–H groups in total. The lowest BCUT2D eigenvalue weighted by Crippen LogP contribution is -2.32. The molecule has 1 aromatic heterocycles. The molecule has 10 heteroatoms. The first-order chi connectivity index (χ1) is 18.4. The number of amides is 1. The SMILES string of the molecule is COc1cccc(-n2c(SCc3cccc([N+](=O)[O-])c3)nc3cc(C(=O)NC4CCCC4)ccc3c2=O)c1. The summed E-state index contributed by atoms with van der Waals surface area (Å²) in [6.07, 6.45) is 4.17. The molecule has 0 radical (unpaired) electrons. The Morgan fingerprint density at radius 3 is 2.68 bits per heavy atom. The maximum atomic E-state index is 13.7. The maximum absolute atomic E-state index is 13.7. The lowest BCUT2D eigenvalue weighted by Gasteiger charge is -2.15. The van der Waals surface area contributed by atoms with Crippen molar-refractivity contribution >= 4 is 34.3 Å². The standard InChI is InChI=1S/C28H26N4O5S/c1-37-23-11-5-9-21(16-23)31-27(34)24-13-12-19(26(33)29-20-7-2-3-8-20)15-25(24)30-28(31)38-17-18-6-4-10-22(14-18)32(35)36/h4-6,9-16,20H,2-3,7-8,17H2,1H3,(H,29,33). The normalized spacial score (nSPS) is 13.5. The van der Waals surface area contributed by atoms with Crippen molar-refractivity contribution in [1.82, 2.24) is 14.9 Å². The second kappa shape index (κ2) is 11.1. The van der Waals surface area contributed by atoms with Gasteiger partial charge in [-0.1, -0.05) is 42.8 Å². The quantitative estimate of drug-likeness (QED) is 0.143. The second-order valence-electron chi connectivity index (χ2n) is 9.14. The van der Waals surface area contributed by atoms with Gasteiger partial charge in [0.05, 0.1) is 28.6 Å². The van der Waals surface area contributed by atoms with E-state index < -0.39 is 4.92 Å². The number of carbonyl (C=O) groups is 1. The highest BCUT2D eigenvalue weighted by molar-refractivity contribution is 7.98. The van der Waals surface area contributed by atoms with Gasteiger partial charge >= 0.3 is 0 Å². The molecule has 1 aliphatic rings. The molecule has 3 aromatic carbocycles. The predicted octanol–water partition coefficient (Wildman–Crippen LogP) is 5.27. The van der Waals surface area contributed by atoms with Gasteiger partial charge in [-0.2, -0.15) is 0 Å². The van der Waals surface area contributed by atoms with E-state index in [0.717, 1.165) is 31.2 Å². The predicted molar refractivity (Wildman–Crippen MR) is 146 cm³/mol. The Hall–Kier alpha value is -4.18. The van der Waals surface area contributed by atoms with Crippen LogP contribution in [0.25, 0.3) is 16.6 Å². The lowest BCUT2D eigenvalue weighted by molar-refractivity contribution is -0.384. The molecule has 1 amide bonds. The number of nitrogens with zero attached hydrogens (tertiary/aromatic N) is 3. The molecule has 9 nitrogen and oxygen atoms in total.